The summed E-state index contributed by atoms with van der Waals surface area (Å²) in [5.41, 5.74) is 7.83. The standard InChI is InChI=1S/C13H22N4O/c1-4-17-12(11(14)10(3)15-17)13(18)16-8-6-5-7-9(16)2/h9H,4-8,14H2,1-3H3. The van der Waals surface area contributed by atoms with Gasteiger partial charge in [-0.1, -0.05) is 0 Å². The van der Waals surface area contributed by atoms with Crippen LogP contribution in [0.15, 0.2) is 0 Å². The highest BCUT2D eigenvalue weighted by atomic mass is 16.2. The summed E-state index contributed by atoms with van der Waals surface area (Å²) in [6.07, 6.45) is 3.35. The maximum Gasteiger partial charge on any atom is 0.274 e. The second kappa shape index (κ2) is 5.00. The molecule has 1 aliphatic heterocycles. The van der Waals surface area contributed by atoms with E-state index in [1.54, 1.807) is 4.68 Å². The first-order chi connectivity index (χ1) is 8.56. The Hall–Kier alpha value is -1.52. The second-order valence-corrected chi connectivity index (χ2v) is 5.01. The summed E-state index contributed by atoms with van der Waals surface area (Å²) in [5, 5.41) is 4.31. The molecular formula is C13H22N4O. The van der Waals surface area contributed by atoms with Gasteiger partial charge in [-0.2, -0.15) is 5.10 Å². The van der Waals surface area contributed by atoms with Crippen LogP contribution in [0.4, 0.5) is 5.69 Å². The van der Waals surface area contributed by atoms with Crippen LogP contribution in [-0.2, 0) is 6.54 Å². The molecule has 1 atom stereocenters. The number of piperidine rings is 1. The highest BCUT2D eigenvalue weighted by Crippen LogP contribution is 2.23. The van der Waals surface area contributed by atoms with Gasteiger partial charge in [-0.15, -0.1) is 0 Å². The Morgan fingerprint density at radius 2 is 2.22 bits per heavy atom. The second-order valence-electron chi connectivity index (χ2n) is 5.01. The molecule has 1 amide bonds. The van der Waals surface area contributed by atoms with E-state index in [1.807, 2.05) is 18.7 Å². The lowest BCUT2D eigenvalue weighted by Gasteiger charge is -2.33. The number of carbonyl (C=O) groups excluding carboxylic acids is 1. The monoisotopic (exact) mass is 250 g/mol. The Balaban J connectivity index is 2.33. The third-order valence-electron chi connectivity index (χ3n) is 3.74. The van der Waals surface area contributed by atoms with E-state index < -0.39 is 0 Å². The average molecular weight is 250 g/mol. The van der Waals surface area contributed by atoms with Gasteiger partial charge in [0.2, 0.25) is 0 Å². The number of aromatic nitrogens is 2. The minimum absolute atomic E-state index is 0.0298. The van der Waals surface area contributed by atoms with Crippen LogP contribution in [0.2, 0.25) is 0 Å². The molecule has 1 aromatic heterocycles. The molecule has 0 saturated carbocycles. The summed E-state index contributed by atoms with van der Waals surface area (Å²) in [7, 11) is 0. The van der Waals surface area contributed by atoms with Crippen molar-refractivity contribution in [1.82, 2.24) is 14.7 Å². The number of nitrogen functional groups attached to an aromatic ring is 1. The van der Waals surface area contributed by atoms with E-state index in [-0.39, 0.29) is 5.91 Å². The first kappa shape index (κ1) is 12.9. The number of hydrogen-bond donors (Lipinski definition) is 1. The van der Waals surface area contributed by atoms with E-state index in [2.05, 4.69) is 12.0 Å². The molecule has 0 aliphatic carbocycles. The van der Waals surface area contributed by atoms with Gasteiger partial charge in [-0.05, 0) is 40.0 Å². The number of aryl methyl sites for hydroxylation is 2. The topological polar surface area (TPSA) is 64.2 Å². The molecule has 2 N–H and O–H groups in total. The van der Waals surface area contributed by atoms with Crippen molar-refractivity contribution < 1.29 is 4.79 Å². The van der Waals surface area contributed by atoms with Crippen molar-refractivity contribution >= 4 is 11.6 Å². The Morgan fingerprint density at radius 1 is 1.50 bits per heavy atom. The van der Waals surface area contributed by atoms with E-state index >= 15 is 0 Å². The SMILES string of the molecule is CCn1nc(C)c(N)c1C(=O)N1CCCCC1C. The van der Waals surface area contributed by atoms with Crippen LogP contribution >= 0.6 is 0 Å². The van der Waals surface area contributed by atoms with Gasteiger partial charge in [-0.3, -0.25) is 9.48 Å². The maximum atomic E-state index is 12.6. The minimum Gasteiger partial charge on any atom is -0.395 e. The van der Waals surface area contributed by atoms with Crippen LogP contribution in [0.5, 0.6) is 0 Å². The molecule has 2 heterocycles. The van der Waals surface area contributed by atoms with Crippen LogP contribution in [0.1, 0.15) is 49.3 Å². The maximum absolute atomic E-state index is 12.6. The molecule has 1 fully saturated rings. The van der Waals surface area contributed by atoms with Crippen molar-refractivity contribution in [2.24, 2.45) is 0 Å². The van der Waals surface area contributed by atoms with Crippen molar-refractivity contribution in [3.63, 3.8) is 0 Å². The van der Waals surface area contributed by atoms with Crippen LogP contribution in [0, 0.1) is 6.92 Å². The number of anilines is 1. The van der Waals surface area contributed by atoms with Gasteiger partial charge in [0, 0.05) is 19.1 Å². The van der Waals surface area contributed by atoms with E-state index in [4.69, 9.17) is 5.73 Å². The van der Waals surface area contributed by atoms with Crippen LogP contribution in [0.25, 0.3) is 0 Å². The molecule has 1 saturated heterocycles. The fourth-order valence-corrected chi connectivity index (χ4v) is 2.59. The zero-order valence-electron chi connectivity index (χ0n) is 11.4. The predicted molar refractivity (Wildman–Crippen MR) is 71.4 cm³/mol. The average Bonchev–Trinajstić information content (AvgIpc) is 2.65. The zero-order chi connectivity index (χ0) is 13.3. The molecule has 5 nitrogen and oxygen atoms in total. The summed E-state index contributed by atoms with van der Waals surface area (Å²) < 4.78 is 1.72. The predicted octanol–water partition coefficient (Wildman–Crippen LogP) is 1.81. The Kier molecular flexibility index (Phi) is 3.59. The van der Waals surface area contributed by atoms with E-state index in [1.165, 1.54) is 6.42 Å². The molecule has 0 radical (unpaired) electrons. The summed E-state index contributed by atoms with van der Waals surface area (Å²) in [5.74, 6) is 0.0298. The van der Waals surface area contributed by atoms with Gasteiger partial charge in [-0.25, -0.2) is 0 Å². The van der Waals surface area contributed by atoms with Crippen molar-refractivity contribution in [2.75, 3.05) is 12.3 Å². The smallest absolute Gasteiger partial charge is 0.274 e. The molecule has 0 spiro atoms. The first-order valence-electron chi connectivity index (χ1n) is 6.70. The van der Waals surface area contributed by atoms with Crippen LogP contribution in [0.3, 0.4) is 0 Å². The number of amides is 1. The van der Waals surface area contributed by atoms with Crippen LogP contribution in [-0.4, -0.2) is 33.2 Å². The molecule has 18 heavy (non-hydrogen) atoms. The lowest BCUT2D eigenvalue weighted by Crippen LogP contribution is -2.43. The molecular weight excluding hydrogens is 228 g/mol. The number of nitrogens with two attached hydrogens (primary N) is 1. The number of likely N-dealkylation sites (tertiary alicyclic amines) is 1. The van der Waals surface area contributed by atoms with Crippen molar-refractivity contribution in [3.8, 4) is 0 Å². The van der Waals surface area contributed by atoms with E-state index in [0.717, 1.165) is 25.1 Å². The van der Waals surface area contributed by atoms with Gasteiger partial charge in [0.15, 0.2) is 0 Å². The minimum atomic E-state index is 0.0298. The Bertz CT molecular complexity index is 452. The molecule has 1 aromatic rings. The largest absolute Gasteiger partial charge is 0.395 e. The highest BCUT2D eigenvalue weighted by Gasteiger charge is 2.28. The molecule has 0 aromatic carbocycles. The third-order valence-corrected chi connectivity index (χ3v) is 3.74. The van der Waals surface area contributed by atoms with Crippen molar-refractivity contribution in [1.29, 1.82) is 0 Å². The first-order valence-corrected chi connectivity index (χ1v) is 6.70. The van der Waals surface area contributed by atoms with Gasteiger partial charge in [0.25, 0.3) is 5.91 Å². The number of rotatable bonds is 2. The van der Waals surface area contributed by atoms with Crippen molar-refractivity contribution in [2.45, 2.75) is 52.6 Å². The molecule has 1 unspecified atom stereocenters. The van der Waals surface area contributed by atoms with Gasteiger partial charge >= 0.3 is 0 Å². The molecule has 100 valence electrons. The normalized spacial score (nSPS) is 20.2. The third kappa shape index (κ3) is 2.09. The van der Waals surface area contributed by atoms with Crippen LogP contribution < -0.4 is 5.73 Å². The summed E-state index contributed by atoms with van der Waals surface area (Å²) in [6, 6.07) is 0.297. The van der Waals surface area contributed by atoms with Gasteiger partial charge in [0.1, 0.15) is 5.69 Å². The molecule has 2 rings (SSSR count). The van der Waals surface area contributed by atoms with Crippen molar-refractivity contribution in [3.05, 3.63) is 11.4 Å². The highest BCUT2D eigenvalue weighted by molar-refractivity contribution is 5.98. The zero-order valence-corrected chi connectivity index (χ0v) is 11.4. The Morgan fingerprint density at radius 3 is 2.83 bits per heavy atom. The van der Waals surface area contributed by atoms with E-state index in [0.29, 0.717) is 24.0 Å². The fraction of sp³-hybridized carbons (Fsp3) is 0.692. The lowest BCUT2D eigenvalue weighted by molar-refractivity contribution is 0.0624. The lowest BCUT2D eigenvalue weighted by atomic mass is 10.0. The van der Waals surface area contributed by atoms with E-state index in [9.17, 15) is 4.79 Å². The quantitative estimate of drug-likeness (QED) is 0.870. The molecule has 5 heteroatoms. The molecule has 1 aliphatic rings. The fourth-order valence-electron chi connectivity index (χ4n) is 2.59. The summed E-state index contributed by atoms with van der Waals surface area (Å²) in [4.78, 5) is 14.5. The summed E-state index contributed by atoms with van der Waals surface area (Å²) >= 11 is 0. The van der Waals surface area contributed by atoms with Gasteiger partial charge < -0.3 is 10.6 Å². The number of hydrogen-bond acceptors (Lipinski definition) is 3. The Labute approximate surface area is 108 Å². The number of carbonyl (C=O) groups is 1. The number of nitrogens with zero attached hydrogens (tertiary/aromatic N) is 3. The van der Waals surface area contributed by atoms with Gasteiger partial charge in [0.05, 0.1) is 11.4 Å². The molecule has 0 bridgehead atoms. The summed E-state index contributed by atoms with van der Waals surface area (Å²) in [6.45, 7) is 7.42.